The SMILES string of the molecule is O=C(Nc1c2c(cc3c1CCC3)CCC2)NS(=O)(=O)CC1CCN(Cc2ccccc2)CC1. The van der Waals surface area contributed by atoms with Crippen LogP contribution in [0.2, 0.25) is 0 Å². The molecule has 0 saturated carbocycles. The first kappa shape index (κ1) is 22.4. The van der Waals surface area contributed by atoms with E-state index in [1.54, 1.807) is 0 Å². The van der Waals surface area contributed by atoms with Crippen LogP contribution in [0.25, 0.3) is 0 Å². The van der Waals surface area contributed by atoms with Crippen molar-refractivity contribution in [3.05, 3.63) is 64.2 Å². The second kappa shape index (κ2) is 9.47. The molecule has 3 aliphatic rings. The predicted molar refractivity (Wildman–Crippen MR) is 131 cm³/mol. The second-order valence-corrected chi connectivity index (χ2v) is 11.5. The number of carbonyl (C=O) groups excluding carboxylic acids is 1. The Bertz CT molecular complexity index is 1090. The van der Waals surface area contributed by atoms with Crippen molar-refractivity contribution in [3.8, 4) is 0 Å². The van der Waals surface area contributed by atoms with E-state index >= 15 is 0 Å². The van der Waals surface area contributed by atoms with Gasteiger partial charge in [-0.05, 0) is 98.2 Å². The van der Waals surface area contributed by atoms with Crippen LogP contribution < -0.4 is 10.0 Å². The molecule has 7 heteroatoms. The molecule has 0 radical (unpaired) electrons. The summed E-state index contributed by atoms with van der Waals surface area (Å²) in [6.07, 6.45) is 7.83. The van der Waals surface area contributed by atoms with Gasteiger partial charge in [-0.25, -0.2) is 17.9 Å². The molecule has 2 aliphatic carbocycles. The number of piperidine rings is 1. The van der Waals surface area contributed by atoms with Crippen molar-refractivity contribution in [3.63, 3.8) is 0 Å². The molecule has 33 heavy (non-hydrogen) atoms. The number of likely N-dealkylation sites (tertiary alicyclic amines) is 1. The minimum atomic E-state index is -3.69. The molecule has 1 heterocycles. The number of nitrogens with zero attached hydrogens (tertiary/aromatic N) is 1. The van der Waals surface area contributed by atoms with Crippen LogP contribution in [0.4, 0.5) is 10.5 Å². The number of amides is 2. The number of fused-ring (bicyclic) bond motifs is 2. The zero-order valence-electron chi connectivity index (χ0n) is 19.1. The molecule has 6 nitrogen and oxygen atoms in total. The molecular formula is C26H33N3O3S. The van der Waals surface area contributed by atoms with E-state index < -0.39 is 16.1 Å². The van der Waals surface area contributed by atoms with Crippen molar-refractivity contribution >= 4 is 21.7 Å². The monoisotopic (exact) mass is 467 g/mol. The summed E-state index contributed by atoms with van der Waals surface area (Å²) in [5.74, 6) is 0.0810. The van der Waals surface area contributed by atoms with Crippen molar-refractivity contribution in [2.45, 2.75) is 57.9 Å². The van der Waals surface area contributed by atoms with Gasteiger partial charge in [-0.15, -0.1) is 0 Å². The lowest BCUT2D eigenvalue weighted by atomic mass is 9.98. The number of carbonyl (C=O) groups is 1. The number of aryl methyl sites for hydroxylation is 2. The van der Waals surface area contributed by atoms with Crippen molar-refractivity contribution in [2.24, 2.45) is 5.92 Å². The first-order chi connectivity index (χ1) is 16.0. The maximum Gasteiger partial charge on any atom is 0.332 e. The Balaban J connectivity index is 1.16. The number of benzene rings is 2. The Morgan fingerprint density at radius 2 is 1.58 bits per heavy atom. The number of hydrogen-bond acceptors (Lipinski definition) is 4. The van der Waals surface area contributed by atoms with Gasteiger partial charge >= 0.3 is 6.03 Å². The van der Waals surface area contributed by atoms with Crippen molar-refractivity contribution in [1.82, 2.24) is 9.62 Å². The van der Waals surface area contributed by atoms with Gasteiger partial charge in [0.15, 0.2) is 0 Å². The van der Waals surface area contributed by atoms with Gasteiger partial charge < -0.3 is 5.32 Å². The van der Waals surface area contributed by atoms with E-state index in [9.17, 15) is 13.2 Å². The van der Waals surface area contributed by atoms with E-state index in [0.29, 0.717) is 0 Å². The minimum absolute atomic E-state index is 0.00456. The molecule has 2 aromatic rings. The third-order valence-electron chi connectivity index (χ3n) is 7.37. The minimum Gasteiger partial charge on any atom is -0.307 e. The Morgan fingerprint density at radius 3 is 2.21 bits per heavy atom. The average molecular weight is 468 g/mol. The Labute approximate surface area is 196 Å². The Hall–Kier alpha value is -2.38. The molecule has 0 bridgehead atoms. The van der Waals surface area contributed by atoms with Gasteiger partial charge in [0.1, 0.15) is 0 Å². The molecule has 0 aromatic heterocycles. The molecule has 0 spiro atoms. The van der Waals surface area contributed by atoms with E-state index in [4.69, 9.17) is 0 Å². The molecule has 176 valence electrons. The van der Waals surface area contributed by atoms with Crippen molar-refractivity contribution in [1.29, 1.82) is 0 Å². The van der Waals surface area contributed by atoms with Crippen LogP contribution in [-0.2, 0) is 42.3 Å². The molecule has 1 fully saturated rings. The summed E-state index contributed by atoms with van der Waals surface area (Å²) >= 11 is 0. The van der Waals surface area contributed by atoms with Crippen LogP contribution in [0.5, 0.6) is 0 Å². The van der Waals surface area contributed by atoms with E-state index in [0.717, 1.165) is 76.7 Å². The number of nitrogens with one attached hydrogen (secondary N) is 2. The van der Waals surface area contributed by atoms with E-state index in [-0.39, 0.29) is 11.7 Å². The zero-order valence-corrected chi connectivity index (χ0v) is 19.9. The van der Waals surface area contributed by atoms with Gasteiger partial charge in [-0.2, -0.15) is 0 Å². The molecule has 5 rings (SSSR count). The average Bonchev–Trinajstić information content (AvgIpc) is 3.44. The van der Waals surface area contributed by atoms with Gasteiger partial charge in [0.05, 0.1) is 5.75 Å². The topological polar surface area (TPSA) is 78.5 Å². The fraction of sp³-hybridized carbons (Fsp3) is 0.500. The third kappa shape index (κ3) is 5.25. The summed E-state index contributed by atoms with van der Waals surface area (Å²) in [5.41, 5.74) is 7.19. The van der Waals surface area contributed by atoms with Crippen LogP contribution in [0.15, 0.2) is 36.4 Å². The number of rotatable bonds is 6. The standard InChI is InChI=1S/C26H33N3O3S/c30-26(27-25-23-10-4-8-21(23)16-22-9-5-11-24(22)25)28-33(31,32)18-20-12-14-29(15-13-20)17-19-6-2-1-3-7-19/h1-3,6-7,16,20H,4-5,8-15,17-18H2,(H2,27,28,30). The lowest BCUT2D eigenvalue weighted by Crippen LogP contribution is -2.41. The first-order valence-electron chi connectivity index (χ1n) is 12.2. The van der Waals surface area contributed by atoms with E-state index in [1.807, 2.05) is 18.2 Å². The van der Waals surface area contributed by atoms with Crippen LogP contribution in [0.3, 0.4) is 0 Å². The summed E-state index contributed by atoms with van der Waals surface area (Å²) in [4.78, 5) is 15.1. The van der Waals surface area contributed by atoms with Gasteiger partial charge in [0.25, 0.3) is 0 Å². The molecule has 0 unspecified atom stereocenters. The summed E-state index contributed by atoms with van der Waals surface area (Å²) in [6.45, 7) is 2.65. The van der Waals surface area contributed by atoms with Crippen LogP contribution in [-0.4, -0.2) is 38.2 Å². The summed E-state index contributed by atoms with van der Waals surface area (Å²) in [7, 11) is -3.69. The van der Waals surface area contributed by atoms with E-state index in [1.165, 1.54) is 27.8 Å². The molecule has 0 atom stereocenters. The number of hydrogen-bond donors (Lipinski definition) is 2. The highest BCUT2D eigenvalue weighted by atomic mass is 32.2. The lowest BCUT2D eigenvalue weighted by molar-refractivity contribution is 0.186. The Morgan fingerprint density at radius 1 is 0.939 bits per heavy atom. The highest BCUT2D eigenvalue weighted by Crippen LogP contribution is 2.38. The molecule has 1 saturated heterocycles. The molecular weight excluding hydrogens is 434 g/mol. The summed E-state index contributed by atoms with van der Waals surface area (Å²) in [6, 6.07) is 12.0. The molecule has 2 aromatic carbocycles. The normalized spacial score (nSPS) is 18.7. The van der Waals surface area contributed by atoms with Crippen LogP contribution in [0, 0.1) is 5.92 Å². The zero-order chi connectivity index (χ0) is 22.8. The van der Waals surface area contributed by atoms with Crippen LogP contribution >= 0.6 is 0 Å². The van der Waals surface area contributed by atoms with Crippen LogP contribution in [0.1, 0.15) is 53.5 Å². The highest BCUT2D eigenvalue weighted by Gasteiger charge is 2.28. The highest BCUT2D eigenvalue weighted by molar-refractivity contribution is 7.90. The maximum absolute atomic E-state index is 12.8. The quantitative estimate of drug-likeness (QED) is 0.672. The number of urea groups is 1. The first-order valence-corrected chi connectivity index (χ1v) is 13.9. The molecule has 1 aliphatic heterocycles. The molecule has 2 amide bonds. The largest absolute Gasteiger partial charge is 0.332 e. The third-order valence-corrected chi connectivity index (χ3v) is 8.78. The fourth-order valence-corrected chi connectivity index (χ4v) is 7.12. The Kier molecular flexibility index (Phi) is 6.43. The molecule has 2 N–H and O–H groups in total. The fourth-order valence-electron chi connectivity index (χ4n) is 5.75. The lowest BCUT2D eigenvalue weighted by Gasteiger charge is -2.31. The predicted octanol–water partition coefficient (Wildman–Crippen LogP) is 4.03. The van der Waals surface area contributed by atoms with Gasteiger partial charge in [-0.3, -0.25) is 4.90 Å². The van der Waals surface area contributed by atoms with Crippen molar-refractivity contribution < 1.29 is 13.2 Å². The van der Waals surface area contributed by atoms with Gasteiger partial charge in [0, 0.05) is 12.2 Å². The number of sulfonamides is 1. The summed E-state index contributed by atoms with van der Waals surface area (Å²) < 4.78 is 27.8. The van der Waals surface area contributed by atoms with E-state index in [2.05, 4.69) is 33.1 Å². The van der Waals surface area contributed by atoms with Crippen molar-refractivity contribution in [2.75, 3.05) is 24.2 Å². The summed E-state index contributed by atoms with van der Waals surface area (Å²) in [5, 5.41) is 2.93. The smallest absolute Gasteiger partial charge is 0.307 e. The maximum atomic E-state index is 12.8. The second-order valence-electron chi connectivity index (χ2n) is 9.78. The van der Waals surface area contributed by atoms with Gasteiger partial charge in [0.2, 0.25) is 10.0 Å². The number of anilines is 1. The van der Waals surface area contributed by atoms with Gasteiger partial charge in [-0.1, -0.05) is 36.4 Å².